The fourth-order valence-electron chi connectivity index (χ4n) is 5.44. The first-order valence-corrected chi connectivity index (χ1v) is 13.2. The number of aliphatic hydroxyl groups excluding tert-OH is 1. The molecular weight excluding hydrogens is 492 g/mol. The molecule has 0 bridgehead atoms. The van der Waals surface area contributed by atoms with E-state index in [1.165, 1.54) is 0 Å². The molecule has 4 aromatic heterocycles. The lowest BCUT2D eigenvalue weighted by atomic mass is 9.99. The highest BCUT2D eigenvalue weighted by atomic mass is 16.5. The summed E-state index contributed by atoms with van der Waals surface area (Å²) in [6, 6.07) is 11.6. The number of aryl methyl sites for hydroxylation is 1. The van der Waals surface area contributed by atoms with E-state index < -0.39 is 0 Å². The topological polar surface area (TPSA) is 117 Å². The van der Waals surface area contributed by atoms with Gasteiger partial charge in [0.2, 0.25) is 5.88 Å². The Labute approximate surface area is 226 Å². The fraction of sp³-hybridized carbons (Fsp3) is 0.345. The number of ether oxygens (including phenoxy) is 1. The van der Waals surface area contributed by atoms with Crippen molar-refractivity contribution in [1.29, 1.82) is 5.26 Å². The molecule has 10 heteroatoms. The highest BCUT2D eigenvalue weighted by molar-refractivity contribution is 5.86. The number of likely N-dealkylation sites (tertiary alicyclic amines) is 1. The predicted octanol–water partition coefficient (Wildman–Crippen LogP) is 3.69. The van der Waals surface area contributed by atoms with Crippen LogP contribution in [-0.2, 0) is 7.05 Å². The van der Waals surface area contributed by atoms with Gasteiger partial charge in [-0.05, 0) is 44.5 Å². The van der Waals surface area contributed by atoms with E-state index in [2.05, 4.69) is 32.1 Å². The zero-order valence-electron chi connectivity index (χ0n) is 22.0. The Morgan fingerprint density at radius 2 is 2.03 bits per heavy atom. The van der Waals surface area contributed by atoms with Gasteiger partial charge in [-0.2, -0.15) is 10.4 Å². The van der Waals surface area contributed by atoms with Crippen molar-refractivity contribution in [3.63, 3.8) is 0 Å². The number of aromatic nitrogens is 6. The summed E-state index contributed by atoms with van der Waals surface area (Å²) in [4.78, 5) is 16.4. The zero-order valence-corrected chi connectivity index (χ0v) is 22.0. The van der Waals surface area contributed by atoms with Gasteiger partial charge in [-0.3, -0.25) is 9.08 Å². The largest absolute Gasteiger partial charge is 0.476 e. The Hall–Kier alpha value is -4.33. The fourth-order valence-corrected chi connectivity index (χ4v) is 5.44. The molecular formula is C29H30N8O2. The Balaban J connectivity index is 1.41. The summed E-state index contributed by atoms with van der Waals surface area (Å²) in [5, 5.41) is 24.4. The Morgan fingerprint density at radius 3 is 2.82 bits per heavy atom. The number of β-amino-alcohol motifs (C(OH)–C–C–N with tert-alkyl or cyclic N) is 1. The van der Waals surface area contributed by atoms with Gasteiger partial charge in [0.05, 0.1) is 54.5 Å². The standard InChI is InChI=1S/C29H30N8O2/c1-19(38)15-36-9-3-4-21(16-36)17-39-29-25-14-31-18-37(25)27(23-10-24-13-33-35(2)28(24)32-12-23)26(34-29)22-7-5-20(11-30)6-8-22/h5-8,10,12-14,18-19,21,38H,3-4,9,15-17H2,1-2H3/t19?,21-/m1/s1. The Kier molecular flexibility index (Phi) is 6.69. The predicted molar refractivity (Wildman–Crippen MR) is 147 cm³/mol. The molecule has 5 aromatic rings. The van der Waals surface area contributed by atoms with Crippen LogP contribution in [0, 0.1) is 17.2 Å². The second-order valence-electron chi connectivity index (χ2n) is 10.3. The first-order valence-electron chi connectivity index (χ1n) is 13.2. The van der Waals surface area contributed by atoms with Crippen LogP contribution < -0.4 is 4.74 Å². The van der Waals surface area contributed by atoms with Crippen molar-refractivity contribution in [2.45, 2.75) is 25.9 Å². The van der Waals surface area contributed by atoms with E-state index in [1.807, 2.05) is 36.7 Å². The summed E-state index contributed by atoms with van der Waals surface area (Å²) in [5.41, 5.74) is 5.42. The van der Waals surface area contributed by atoms with Crippen LogP contribution in [0.15, 0.2) is 55.2 Å². The molecule has 1 aromatic carbocycles. The van der Waals surface area contributed by atoms with Crippen LogP contribution in [0.4, 0.5) is 0 Å². The third-order valence-electron chi connectivity index (χ3n) is 7.25. The molecule has 0 radical (unpaired) electrons. The molecule has 198 valence electrons. The van der Waals surface area contributed by atoms with Crippen LogP contribution in [0.1, 0.15) is 25.3 Å². The van der Waals surface area contributed by atoms with Gasteiger partial charge < -0.3 is 14.7 Å². The lowest BCUT2D eigenvalue weighted by Gasteiger charge is -2.33. The van der Waals surface area contributed by atoms with Gasteiger partial charge in [0.15, 0.2) is 5.65 Å². The zero-order chi connectivity index (χ0) is 26.9. The molecule has 1 N–H and O–H groups in total. The molecule has 1 aliphatic heterocycles. The van der Waals surface area contributed by atoms with Crippen LogP contribution in [-0.4, -0.2) is 71.5 Å². The van der Waals surface area contributed by atoms with Crippen molar-refractivity contribution in [3.8, 4) is 34.5 Å². The summed E-state index contributed by atoms with van der Waals surface area (Å²) in [5.74, 6) is 0.858. The number of fused-ring (bicyclic) bond motifs is 2. The minimum Gasteiger partial charge on any atom is -0.476 e. The van der Waals surface area contributed by atoms with Crippen molar-refractivity contribution in [1.82, 2.24) is 34.0 Å². The van der Waals surface area contributed by atoms with Crippen LogP contribution in [0.2, 0.25) is 0 Å². The summed E-state index contributed by atoms with van der Waals surface area (Å²) >= 11 is 0. The van der Waals surface area contributed by atoms with Gasteiger partial charge in [0, 0.05) is 48.8 Å². The van der Waals surface area contributed by atoms with E-state index in [1.54, 1.807) is 35.5 Å². The number of piperidine rings is 1. The maximum Gasteiger partial charge on any atom is 0.240 e. The molecule has 1 saturated heterocycles. The third-order valence-corrected chi connectivity index (χ3v) is 7.25. The van der Waals surface area contributed by atoms with Crippen molar-refractivity contribution in [2.75, 3.05) is 26.2 Å². The van der Waals surface area contributed by atoms with Crippen molar-refractivity contribution >= 4 is 16.6 Å². The van der Waals surface area contributed by atoms with Gasteiger partial charge in [0.1, 0.15) is 5.52 Å². The van der Waals surface area contributed by atoms with Crippen LogP contribution >= 0.6 is 0 Å². The van der Waals surface area contributed by atoms with E-state index in [0.29, 0.717) is 36.2 Å². The van der Waals surface area contributed by atoms with Crippen molar-refractivity contribution < 1.29 is 9.84 Å². The van der Waals surface area contributed by atoms with Crippen molar-refractivity contribution in [2.24, 2.45) is 13.0 Å². The average Bonchev–Trinajstić information content (AvgIpc) is 3.58. The van der Waals surface area contributed by atoms with E-state index >= 15 is 0 Å². The summed E-state index contributed by atoms with van der Waals surface area (Å²) in [6.07, 6.45) is 8.97. The SMILES string of the molecule is CC(O)CN1CCC[C@@H](COc2nc(-c3ccc(C#N)cc3)c(-c3cnc4c(cnn4C)c3)n3cncc23)C1. The van der Waals surface area contributed by atoms with Gasteiger partial charge in [0.25, 0.3) is 0 Å². The van der Waals surface area contributed by atoms with E-state index in [4.69, 9.17) is 9.72 Å². The second kappa shape index (κ2) is 10.4. The van der Waals surface area contributed by atoms with E-state index in [9.17, 15) is 10.4 Å². The number of aliphatic hydroxyl groups is 1. The quantitative estimate of drug-likeness (QED) is 0.344. The molecule has 2 atom stereocenters. The van der Waals surface area contributed by atoms with Crippen LogP contribution in [0.3, 0.4) is 0 Å². The van der Waals surface area contributed by atoms with Gasteiger partial charge in [-0.15, -0.1) is 0 Å². The lowest BCUT2D eigenvalue weighted by molar-refractivity contribution is 0.0792. The number of nitrogens with zero attached hydrogens (tertiary/aromatic N) is 8. The molecule has 0 aliphatic carbocycles. The van der Waals surface area contributed by atoms with Crippen LogP contribution in [0.5, 0.6) is 5.88 Å². The van der Waals surface area contributed by atoms with Gasteiger partial charge in [-0.1, -0.05) is 12.1 Å². The molecule has 1 fully saturated rings. The molecule has 10 nitrogen and oxygen atoms in total. The Bertz CT molecular complexity index is 1670. The molecule has 0 saturated carbocycles. The average molecular weight is 523 g/mol. The van der Waals surface area contributed by atoms with Crippen molar-refractivity contribution in [3.05, 3.63) is 60.8 Å². The first-order chi connectivity index (χ1) is 19.0. The summed E-state index contributed by atoms with van der Waals surface area (Å²) in [7, 11) is 1.87. The van der Waals surface area contributed by atoms with Gasteiger partial charge in [-0.25, -0.2) is 15.0 Å². The number of rotatable bonds is 7. The monoisotopic (exact) mass is 522 g/mol. The number of benzene rings is 1. The molecule has 1 aliphatic rings. The molecule has 0 spiro atoms. The smallest absolute Gasteiger partial charge is 0.240 e. The summed E-state index contributed by atoms with van der Waals surface area (Å²) in [6.45, 7) is 4.92. The lowest BCUT2D eigenvalue weighted by Crippen LogP contribution is -2.41. The minimum atomic E-state index is -0.347. The molecule has 5 heterocycles. The van der Waals surface area contributed by atoms with Gasteiger partial charge >= 0.3 is 0 Å². The van der Waals surface area contributed by atoms with E-state index in [0.717, 1.165) is 59.3 Å². The maximum absolute atomic E-state index is 9.83. The number of hydrogen-bond acceptors (Lipinski definition) is 8. The minimum absolute atomic E-state index is 0.345. The molecule has 39 heavy (non-hydrogen) atoms. The number of imidazole rings is 1. The first kappa shape index (κ1) is 25.0. The number of pyridine rings is 1. The Morgan fingerprint density at radius 1 is 1.18 bits per heavy atom. The number of nitriles is 1. The number of hydrogen-bond donors (Lipinski definition) is 1. The van der Waals surface area contributed by atoms with Crippen LogP contribution in [0.25, 0.3) is 39.1 Å². The second-order valence-corrected chi connectivity index (χ2v) is 10.3. The highest BCUT2D eigenvalue weighted by Crippen LogP contribution is 2.36. The summed E-state index contributed by atoms with van der Waals surface area (Å²) < 4.78 is 10.1. The molecule has 0 amide bonds. The molecule has 6 rings (SSSR count). The third kappa shape index (κ3) is 4.94. The normalized spacial score (nSPS) is 16.9. The molecule has 1 unspecified atom stereocenters. The highest BCUT2D eigenvalue weighted by Gasteiger charge is 2.24. The maximum atomic E-state index is 9.83. The van der Waals surface area contributed by atoms with E-state index in [-0.39, 0.29) is 6.10 Å².